The third kappa shape index (κ3) is 6.06. The van der Waals surface area contributed by atoms with Gasteiger partial charge in [0, 0.05) is 12.1 Å². The molecular weight excluding hydrogens is 311 g/mol. The highest BCUT2D eigenvalue weighted by Crippen LogP contribution is 2.16. The number of nitrogens with two attached hydrogens (primary N) is 1. The standard InChI is InChI=1S/C14H19FN2O2S2/c1-20-10-3-2-9-17-21(18,19)14-7-6-13(15)11-12(14)5-4-8-16/h6-7,11,17H,2-3,8-10,16H2,1H3. The van der Waals surface area contributed by atoms with Crippen molar-refractivity contribution in [1.82, 2.24) is 4.72 Å². The molecule has 0 aliphatic heterocycles. The maximum Gasteiger partial charge on any atom is 0.241 e. The minimum absolute atomic E-state index is 0.0188. The first kappa shape index (κ1) is 18.0. The third-order valence-electron chi connectivity index (χ3n) is 2.62. The average molecular weight is 330 g/mol. The fraction of sp³-hybridized carbons (Fsp3) is 0.429. The van der Waals surface area contributed by atoms with E-state index in [4.69, 9.17) is 5.73 Å². The molecule has 0 unspecified atom stereocenters. The predicted molar refractivity (Wildman–Crippen MR) is 85.1 cm³/mol. The molecule has 116 valence electrons. The summed E-state index contributed by atoms with van der Waals surface area (Å²) < 4.78 is 40.2. The molecule has 1 aromatic carbocycles. The molecule has 0 saturated heterocycles. The highest BCUT2D eigenvalue weighted by atomic mass is 32.2. The lowest BCUT2D eigenvalue weighted by Gasteiger charge is -2.08. The summed E-state index contributed by atoms with van der Waals surface area (Å²) in [6, 6.07) is 3.43. The van der Waals surface area contributed by atoms with Gasteiger partial charge in [-0.2, -0.15) is 11.8 Å². The molecule has 0 heterocycles. The summed E-state index contributed by atoms with van der Waals surface area (Å²) in [5.41, 5.74) is 5.39. The highest BCUT2D eigenvalue weighted by molar-refractivity contribution is 7.98. The Morgan fingerprint density at radius 3 is 2.81 bits per heavy atom. The summed E-state index contributed by atoms with van der Waals surface area (Å²) in [6.07, 6.45) is 3.70. The van der Waals surface area contributed by atoms with E-state index < -0.39 is 15.8 Å². The van der Waals surface area contributed by atoms with Crippen molar-refractivity contribution in [2.24, 2.45) is 5.73 Å². The van der Waals surface area contributed by atoms with E-state index in [2.05, 4.69) is 16.6 Å². The van der Waals surface area contributed by atoms with E-state index in [9.17, 15) is 12.8 Å². The van der Waals surface area contributed by atoms with Crippen molar-refractivity contribution >= 4 is 21.8 Å². The molecule has 0 aliphatic rings. The van der Waals surface area contributed by atoms with Crippen molar-refractivity contribution in [2.45, 2.75) is 17.7 Å². The molecule has 21 heavy (non-hydrogen) atoms. The first-order valence-corrected chi connectivity index (χ1v) is 9.36. The largest absolute Gasteiger partial charge is 0.320 e. The van der Waals surface area contributed by atoms with Gasteiger partial charge < -0.3 is 5.73 Å². The first-order valence-electron chi connectivity index (χ1n) is 6.48. The van der Waals surface area contributed by atoms with Crippen LogP contribution in [-0.4, -0.2) is 33.5 Å². The van der Waals surface area contributed by atoms with Crippen LogP contribution in [0.1, 0.15) is 18.4 Å². The van der Waals surface area contributed by atoms with Gasteiger partial charge in [-0.25, -0.2) is 17.5 Å². The predicted octanol–water partition coefficient (Wildman–Crippen LogP) is 1.56. The number of halogens is 1. The fourth-order valence-corrected chi connectivity index (χ4v) is 3.34. The molecule has 0 aromatic heterocycles. The number of hydrogen-bond acceptors (Lipinski definition) is 4. The van der Waals surface area contributed by atoms with Gasteiger partial charge in [0.25, 0.3) is 0 Å². The van der Waals surface area contributed by atoms with Crippen molar-refractivity contribution in [1.29, 1.82) is 0 Å². The van der Waals surface area contributed by atoms with Crippen molar-refractivity contribution in [3.05, 3.63) is 29.6 Å². The van der Waals surface area contributed by atoms with Crippen LogP contribution in [0, 0.1) is 17.7 Å². The molecular formula is C14H19FN2O2S2. The van der Waals surface area contributed by atoms with Crippen molar-refractivity contribution < 1.29 is 12.8 Å². The van der Waals surface area contributed by atoms with Gasteiger partial charge >= 0.3 is 0 Å². The van der Waals surface area contributed by atoms with Crippen LogP contribution in [0.25, 0.3) is 0 Å². The van der Waals surface area contributed by atoms with Gasteiger partial charge in [0.05, 0.1) is 11.4 Å². The van der Waals surface area contributed by atoms with Gasteiger partial charge in [0.1, 0.15) is 5.82 Å². The van der Waals surface area contributed by atoms with Crippen LogP contribution < -0.4 is 10.5 Å². The van der Waals surface area contributed by atoms with Crippen LogP contribution in [0.5, 0.6) is 0 Å². The van der Waals surface area contributed by atoms with Gasteiger partial charge in [-0.3, -0.25) is 0 Å². The maximum absolute atomic E-state index is 13.2. The van der Waals surface area contributed by atoms with Crippen molar-refractivity contribution in [2.75, 3.05) is 25.1 Å². The Balaban J connectivity index is 2.87. The normalized spacial score (nSPS) is 11.0. The SMILES string of the molecule is CSCCCCNS(=O)(=O)c1ccc(F)cc1C#CCN. The smallest absolute Gasteiger partial charge is 0.241 e. The van der Waals surface area contributed by atoms with E-state index in [1.54, 1.807) is 11.8 Å². The second kappa shape index (κ2) is 9.05. The molecule has 0 amide bonds. The zero-order valence-electron chi connectivity index (χ0n) is 11.9. The van der Waals surface area contributed by atoms with E-state index >= 15 is 0 Å². The number of sulfonamides is 1. The number of nitrogens with one attached hydrogen (secondary N) is 1. The topological polar surface area (TPSA) is 72.2 Å². The van der Waals surface area contributed by atoms with Crippen LogP contribution in [0.3, 0.4) is 0 Å². The molecule has 4 nitrogen and oxygen atoms in total. The molecule has 1 rings (SSSR count). The van der Waals surface area contributed by atoms with Gasteiger partial charge in [-0.15, -0.1) is 0 Å². The summed E-state index contributed by atoms with van der Waals surface area (Å²) >= 11 is 1.72. The van der Waals surface area contributed by atoms with E-state index in [0.717, 1.165) is 30.7 Å². The molecule has 0 atom stereocenters. The summed E-state index contributed by atoms with van der Waals surface area (Å²) in [6.45, 7) is 0.433. The molecule has 0 spiro atoms. The van der Waals surface area contributed by atoms with Crippen molar-refractivity contribution in [3.63, 3.8) is 0 Å². The van der Waals surface area contributed by atoms with Crippen LogP contribution >= 0.6 is 11.8 Å². The fourth-order valence-electron chi connectivity index (χ4n) is 1.64. The molecule has 0 aliphatic carbocycles. The van der Waals surface area contributed by atoms with E-state index in [1.165, 1.54) is 6.07 Å². The Hall–Kier alpha value is -1.07. The Bertz CT molecular complexity index is 622. The van der Waals surface area contributed by atoms with Gasteiger partial charge in [-0.05, 0) is 43.0 Å². The lowest BCUT2D eigenvalue weighted by atomic mass is 10.2. The van der Waals surface area contributed by atoms with E-state index in [0.29, 0.717) is 6.54 Å². The van der Waals surface area contributed by atoms with Crippen LogP contribution in [0.15, 0.2) is 23.1 Å². The molecule has 7 heteroatoms. The zero-order chi connectivity index (χ0) is 15.7. The van der Waals surface area contributed by atoms with Crippen LogP contribution in [0.2, 0.25) is 0 Å². The molecule has 0 bridgehead atoms. The lowest BCUT2D eigenvalue weighted by molar-refractivity contribution is 0.577. The minimum atomic E-state index is -3.69. The van der Waals surface area contributed by atoms with Gasteiger partial charge in [0.15, 0.2) is 0 Å². The zero-order valence-corrected chi connectivity index (χ0v) is 13.5. The molecule has 1 aromatic rings. The molecule has 3 N–H and O–H groups in total. The van der Waals surface area contributed by atoms with Gasteiger partial charge in [-0.1, -0.05) is 11.8 Å². The molecule has 0 saturated carbocycles. The highest BCUT2D eigenvalue weighted by Gasteiger charge is 2.17. The number of benzene rings is 1. The Kier molecular flexibility index (Phi) is 7.75. The summed E-state index contributed by atoms with van der Waals surface area (Å²) in [5.74, 6) is 5.60. The second-order valence-corrected chi connectivity index (χ2v) is 6.97. The van der Waals surface area contributed by atoms with E-state index in [1.807, 2.05) is 6.26 Å². The quantitative estimate of drug-likeness (QED) is 0.588. The Labute approximate surface area is 129 Å². The van der Waals surface area contributed by atoms with Crippen molar-refractivity contribution in [3.8, 4) is 11.8 Å². The third-order valence-corrected chi connectivity index (χ3v) is 4.84. The van der Waals surface area contributed by atoms with Crippen LogP contribution in [0.4, 0.5) is 4.39 Å². The molecule has 0 radical (unpaired) electrons. The summed E-state index contributed by atoms with van der Waals surface area (Å²) in [7, 11) is -3.69. The number of unbranched alkanes of at least 4 members (excludes halogenated alkanes) is 1. The lowest BCUT2D eigenvalue weighted by Crippen LogP contribution is -2.25. The monoisotopic (exact) mass is 330 g/mol. The number of rotatable bonds is 7. The second-order valence-electron chi connectivity index (χ2n) is 4.24. The first-order chi connectivity index (χ1) is 10.0. The maximum atomic E-state index is 13.2. The number of thioether (sulfide) groups is 1. The Morgan fingerprint density at radius 1 is 1.38 bits per heavy atom. The summed E-state index contributed by atoms with van der Waals surface area (Å²) in [4.78, 5) is -0.0188. The Morgan fingerprint density at radius 2 is 2.14 bits per heavy atom. The average Bonchev–Trinajstić information content (AvgIpc) is 2.44. The minimum Gasteiger partial charge on any atom is -0.320 e. The van der Waals surface area contributed by atoms with E-state index in [-0.39, 0.29) is 17.0 Å². The summed E-state index contributed by atoms with van der Waals surface area (Å²) in [5, 5.41) is 0. The van der Waals surface area contributed by atoms with Gasteiger partial charge in [0.2, 0.25) is 10.0 Å². The van der Waals surface area contributed by atoms with Crippen LogP contribution in [-0.2, 0) is 10.0 Å². The number of hydrogen-bond donors (Lipinski definition) is 2. The molecule has 0 fully saturated rings.